The van der Waals surface area contributed by atoms with Gasteiger partial charge in [0.2, 0.25) is 5.91 Å². The molecule has 0 aliphatic carbocycles. The largest absolute Gasteiger partial charge is 0.349 e. The number of hydroxylamine groups is 1. The topological polar surface area (TPSA) is 77.7 Å². The van der Waals surface area contributed by atoms with Gasteiger partial charge in [0, 0.05) is 26.1 Å². The van der Waals surface area contributed by atoms with E-state index >= 15 is 0 Å². The second-order valence-electron chi connectivity index (χ2n) is 8.73. The van der Waals surface area contributed by atoms with Crippen LogP contribution in [0.15, 0.2) is 0 Å². The van der Waals surface area contributed by atoms with Crippen LogP contribution in [0.25, 0.3) is 0 Å². The van der Waals surface area contributed by atoms with Crippen LogP contribution in [-0.2, 0) is 9.63 Å². The zero-order valence-corrected chi connectivity index (χ0v) is 17.3. The highest BCUT2D eigenvalue weighted by Crippen LogP contribution is 2.29. The van der Waals surface area contributed by atoms with Crippen LogP contribution in [0.5, 0.6) is 0 Å². The summed E-state index contributed by atoms with van der Waals surface area (Å²) in [4.78, 5) is 18.5. The summed E-state index contributed by atoms with van der Waals surface area (Å²) in [5.74, 6) is 1.93. The molecule has 6 unspecified atom stereocenters. The number of carbonyl (C=O) groups excluding carboxylic acids is 1. The van der Waals surface area contributed by atoms with Gasteiger partial charge in [0.15, 0.2) is 0 Å². The minimum Gasteiger partial charge on any atom is -0.349 e. The van der Waals surface area contributed by atoms with Crippen molar-refractivity contribution in [3.05, 3.63) is 0 Å². The van der Waals surface area contributed by atoms with Crippen molar-refractivity contribution in [2.24, 2.45) is 17.8 Å². The number of nitrogens with zero attached hydrogens (tertiary/aromatic N) is 1. The zero-order chi connectivity index (χ0) is 19.2. The number of rotatable bonds is 8. The molecule has 0 saturated carbocycles. The van der Waals surface area contributed by atoms with Gasteiger partial charge in [0.05, 0.1) is 12.1 Å². The lowest BCUT2D eigenvalue weighted by Gasteiger charge is -2.32. The maximum atomic E-state index is 12.7. The second kappa shape index (κ2) is 10.2. The minimum atomic E-state index is -0.227. The summed E-state index contributed by atoms with van der Waals surface area (Å²) in [6.45, 7) is 11.6. The van der Waals surface area contributed by atoms with Gasteiger partial charge < -0.3 is 10.6 Å². The lowest BCUT2D eigenvalue weighted by molar-refractivity contribution is -0.125. The molecule has 4 N–H and O–H groups in total. The van der Waals surface area contributed by atoms with Crippen LogP contribution in [-0.4, -0.2) is 61.8 Å². The van der Waals surface area contributed by atoms with E-state index in [4.69, 9.17) is 4.84 Å². The van der Waals surface area contributed by atoms with E-state index in [0.29, 0.717) is 11.8 Å². The molecule has 3 fully saturated rings. The Kier molecular flexibility index (Phi) is 7.90. The van der Waals surface area contributed by atoms with Gasteiger partial charge in [0.25, 0.3) is 0 Å². The molecule has 3 saturated heterocycles. The quantitative estimate of drug-likeness (QED) is 0.503. The number of nitrogens with one attached hydrogen (secondary N) is 4. The van der Waals surface area contributed by atoms with Crippen LogP contribution in [0.3, 0.4) is 0 Å². The fourth-order valence-electron chi connectivity index (χ4n) is 4.82. The second-order valence-corrected chi connectivity index (χ2v) is 8.73. The highest BCUT2D eigenvalue weighted by molar-refractivity contribution is 5.82. The molecule has 156 valence electrons. The molecule has 3 rings (SSSR count). The van der Waals surface area contributed by atoms with Gasteiger partial charge in [-0.2, -0.15) is 5.48 Å². The molecular formula is C20H39N5O2. The molecule has 3 aliphatic rings. The molecule has 0 aromatic heterocycles. The molecule has 0 aromatic rings. The molecule has 0 aromatic carbocycles. The summed E-state index contributed by atoms with van der Waals surface area (Å²) in [5.41, 5.74) is 6.45. The molecule has 3 aliphatic heterocycles. The molecule has 3 heterocycles. The first-order chi connectivity index (χ1) is 13.1. The molecular weight excluding hydrogens is 342 g/mol. The number of hydrogen-bond acceptors (Lipinski definition) is 6. The van der Waals surface area contributed by atoms with Crippen molar-refractivity contribution in [2.45, 2.75) is 71.1 Å². The Bertz CT molecular complexity index is 477. The number of amides is 1. The predicted molar refractivity (Wildman–Crippen MR) is 107 cm³/mol. The van der Waals surface area contributed by atoms with E-state index in [0.717, 1.165) is 51.5 Å². The lowest BCUT2D eigenvalue weighted by Crippen LogP contribution is -2.47. The fourth-order valence-corrected chi connectivity index (χ4v) is 4.82. The number of piperidine rings is 1. The van der Waals surface area contributed by atoms with Crippen LogP contribution >= 0.6 is 0 Å². The van der Waals surface area contributed by atoms with E-state index in [-0.39, 0.29) is 24.1 Å². The van der Waals surface area contributed by atoms with E-state index in [1.54, 1.807) is 0 Å². The van der Waals surface area contributed by atoms with E-state index < -0.39 is 0 Å². The summed E-state index contributed by atoms with van der Waals surface area (Å²) in [6.07, 6.45) is 5.76. The first-order valence-electron chi connectivity index (χ1n) is 11.0. The lowest BCUT2D eigenvalue weighted by atomic mass is 9.82. The van der Waals surface area contributed by atoms with Crippen LogP contribution in [0.2, 0.25) is 0 Å². The third kappa shape index (κ3) is 5.64. The van der Waals surface area contributed by atoms with Crippen LogP contribution in [0.4, 0.5) is 0 Å². The Morgan fingerprint density at radius 3 is 2.93 bits per heavy atom. The van der Waals surface area contributed by atoms with Gasteiger partial charge in [-0.3, -0.25) is 15.1 Å². The van der Waals surface area contributed by atoms with Crippen molar-refractivity contribution in [1.82, 2.24) is 26.5 Å². The first-order valence-corrected chi connectivity index (χ1v) is 11.0. The van der Waals surface area contributed by atoms with Crippen molar-refractivity contribution in [1.29, 1.82) is 0 Å². The molecule has 7 nitrogen and oxygen atoms in total. The van der Waals surface area contributed by atoms with Gasteiger partial charge in [-0.1, -0.05) is 33.6 Å². The summed E-state index contributed by atoms with van der Waals surface area (Å²) in [5, 5.41) is 8.93. The third-order valence-electron chi connectivity index (χ3n) is 6.58. The first kappa shape index (κ1) is 21.0. The van der Waals surface area contributed by atoms with Crippen LogP contribution < -0.4 is 21.5 Å². The SMILES string of the molecule is CCCC(CC)CN1CC(NC(=O)C2CC(C3CCNCC3C)ON2)CN1. The maximum absolute atomic E-state index is 12.7. The molecule has 6 atom stereocenters. The highest BCUT2D eigenvalue weighted by atomic mass is 16.7. The van der Waals surface area contributed by atoms with Crippen molar-refractivity contribution in [2.75, 3.05) is 32.7 Å². The normalized spacial score (nSPS) is 36.0. The monoisotopic (exact) mass is 381 g/mol. The van der Waals surface area contributed by atoms with Gasteiger partial charge in [-0.05, 0) is 43.7 Å². The molecule has 0 bridgehead atoms. The molecule has 7 heteroatoms. The van der Waals surface area contributed by atoms with Crippen molar-refractivity contribution < 1.29 is 9.63 Å². The van der Waals surface area contributed by atoms with Gasteiger partial charge in [-0.15, -0.1) is 0 Å². The predicted octanol–water partition coefficient (Wildman–Crippen LogP) is 1.03. The van der Waals surface area contributed by atoms with Gasteiger partial charge in [0.1, 0.15) is 6.04 Å². The van der Waals surface area contributed by atoms with Crippen molar-refractivity contribution in [3.63, 3.8) is 0 Å². The third-order valence-corrected chi connectivity index (χ3v) is 6.58. The van der Waals surface area contributed by atoms with Crippen LogP contribution in [0.1, 0.15) is 52.9 Å². The van der Waals surface area contributed by atoms with Gasteiger partial charge >= 0.3 is 0 Å². The molecule has 1 amide bonds. The van der Waals surface area contributed by atoms with Crippen molar-refractivity contribution in [3.8, 4) is 0 Å². The average molecular weight is 382 g/mol. The number of hydrogen-bond donors (Lipinski definition) is 4. The minimum absolute atomic E-state index is 0.0772. The Hall–Kier alpha value is -0.730. The summed E-state index contributed by atoms with van der Waals surface area (Å²) < 4.78 is 0. The molecule has 27 heavy (non-hydrogen) atoms. The summed E-state index contributed by atoms with van der Waals surface area (Å²) in [7, 11) is 0. The number of carbonyl (C=O) groups is 1. The Morgan fingerprint density at radius 2 is 2.19 bits per heavy atom. The average Bonchev–Trinajstić information content (AvgIpc) is 3.31. The molecule has 0 spiro atoms. The Labute approximate surface area is 164 Å². The van der Waals surface area contributed by atoms with Gasteiger partial charge in [-0.25, -0.2) is 5.01 Å². The highest BCUT2D eigenvalue weighted by Gasteiger charge is 2.39. The fraction of sp³-hybridized carbons (Fsp3) is 0.950. The van der Waals surface area contributed by atoms with E-state index in [2.05, 4.69) is 47.3 Å². The Morgan fingerprint density at radius 1 is 1.33 bits per heavy atom. The smallest absolute Gasteiger partial charge is 0.239 e. The van der Waals surface area contributed by atoms with E-state index in [9.17, 15) is 4.79 Å². The molecule has 0 radical (unpaired) electrons. The Balaban J connectivity index is 1.41. The van der Waals surface area contributed by atoms with Crippen LogP contribution in [0, 0.1) is 17.8 Å². The summed E-state index contributed by atoms with van der Waals surface area (Å²) >= 11 is 0. The standard InChI is InChI=1S/C20H39N5O2/c1-4-6-15(5-2)12-25-13-16(11-22-25)23-20(26)18-9-19(27-24-18)17-7-8-21-10-14(17)3/h14-19,21-22,24H,4-13H2,1-3H3,(H,23,26). The van der Waals surface area contributed by atoms with E-state index in [1.807, 2.05) is 0 Å². The number of hydrazine groups is 1. The van der Waals surface area contributed by atoms with E-state index in [1.165, 1.54) is 19.3 Å². The van der Waals surface area contributed by atoms with Crippen molar-refractivity contribution >= 4 is 5.91 Å². The maximum Gasteiger partial charge on any atom is 0.239 e. The summed E-state index contributed by atoms with van der Waals surface area (Å²) in [6, 6.07) is -0.0510. The zero-order valence-electron chi connectivity index (χ0n) is 17.3.